The van der Waals surface area contributed by atoms with E-state index in [1.165, 1.54) is 6.26 Å². The Bertz CT molecular complexity index is 426. The van der Waals surface area contributed by atoms with Crippen LogP contribution in [0.25, 0.3) is 0 Å². The molecule has 0 aliphatic carbocycles. The highest BCUT2D eigenvalue weighted by molar-refractivity contribution is 7.92. The normalized spacial score (nSPS) is 21.0. The van der Waals surface area contributed by atoms with Crippen LogP contribution in [0.2, 0.25) is 0 Å². The molecule has 1 aliphatic rings. The molecule has 7 heteroatoms. The van der Waals surface area contributed by atoms with Crippen LogP contribution in [-0.2, 0) is 14.6 Å². The predicted molar refractivity (Wildman–Crippen MR) is 81.9 cm³/mol. The van der Waals surface area contributed by atoms with Gasteiger partial charge in [-0.15, -0.1) is 0 Å². The second-order valence-electron chi connectivity index (χ2n) is 5.74. The van der Waals surface area contributed by atoms with Crippen molar-refractivity contribution in [3.8, 4) is 0 Å². The van der Waals surface area contributed by atoms with Crippen molar-refractivity contribution in [3.05, 3.63) is 0 Å². The average molecular weight is 305 g/mol. The highest BCUT2D eigenvalue weighted by Crippen LogP contribution is 2.15. The van der Waals surface area contributed by atoms with E-state index < -0.39 is 14.6 Å². The van der Waals surface area contributed by atoms with Gasteiger partial charge in [0.2, 0.25) is 0 Å². The molecule has 0 aromatic carbocycles. The summed E-state index contributed by atoms with van der Waals surface area (Å²) in [5.74, 6) is 0.639. The van der Waals surface area contributed by atoms with Gasteiger partial charge in [-0.1, -0.05) is 0 Å². The third-order valence-electron chi connectivity index (χ3n) is 3.49. The Labute approximate surface area is 122 Å². The lowest BCUT2D eigenvalue weighted by Crippen LogP contribution is -2.43. The maximum Gasteiger partial charge on any atom is 0.191 e. The van der Waals surface area contributed by atoms with Crippen molar-refractivity contribution >= 4 is 15.8 Å². The molecule has 2 N–H and O–H groups in total. The lowest BCUT2D eigenvalue weighted by molar-refractivity contribution is 0.114. The minimum atomic E-state index is -3.13. The zero-order valence-corrected chi connectivity index (χ0v) is 13.7. The number of hydrogen-bond acceptors (Lipinski definition) is 4. The van der Waals surface area contributed by atoms with E-state index >= 15 is 0 Å². The van der Waals surface area contributed by atoms with Crippen LogP contribution in [0.5, 0.6) is 0 Å². The van der Waals surface area contributed by atoms with E-state index in [4.69, 9.17) is 4.74 Å². The summed E-state index contributed by atoms with van der Waals surface area (Å²) < 4.78 is 28.0. The fourth-order valence-corrected chi connectivity index (χ4v) is 2.04. The van der Waals surface area contributed by atoms with Crippen molar-refractivity contribution in [3.63, 3.8) is 0 Å². The zero-order chi connectivity index (χ0) is 15.2. The van der Waals surface area contributed by atoms with Crippen molar-refractivity contribution in [1.82, 2.24) is 10.6 Å². The molecule has 1 saturated heterocycles. The lowest BCUT2D eigenvalue weighted by Gasteiger charge is -2.21. The first-order valence-electron chi connectivity index (χ1n) is 7.09. The van der Waals surface area contributed by atoms with E-state index in [1.54, 1.807) is 13.8 Å². The summed E-state index contributed by atoms with van der Waals surface area (Å²) in [6, 6.07) is 0. The Balaban J connectivity index is 2.57. The molecule has 0 spiro atoms. The van der Waals surface area contributed by atoms with Crippen molar-refractivity contribution in [2.45, 2.75) is 44.5 Å². The molecular weight excluding hydrogens is 278 g/mol. The van der Waals surface area contributed by atoms with Crippen molar-refractivity contribution in [2.24, 2.45) is 4.99 Å². The molecule has 1 unspecified atom stereocenters. The van der Waals surface area contributed by atoms with Crippen LogP contribution < -0.4 is 10.6 Å². The van der Waals surface area contributed by atoms with E-state index in [1.807, 2.05) is 6.92 Å². The Morgan fingerprint density at radius 3 is 2.60 bits per heavy atom. The SMILES string of the molecule is CCNC(=NCC(C)(C)S(C)(=O)=O)NCC1CCCO1. The Hall–Kier alpha value is -0.820. The molecule has 1 heterocycles. The molecule has 0 radical (unpaired) electrons. The standard InChI is InChI=1S/C13H27N3O3S/c1-5-14-12(15-9-11-7-6-8-19-11)16-10-13(2,3)20(4,17)18/h11H,5-10H2,1-4H3,(H2,14,15,16). The fourth-order valence-electron chi connectivity index (χ4n) is 1.74. The van der Waals surface area contributed by atoms with Crippen LogP contribution in [0.3, 0.4) is 0 Å². The molecule has 1 fully saturated rings. The molecule has 118 valence electrons. The van der Waals surface area contributed by atoms with Crippen LogP contribution in [0, 0.1) is 0 Å². The molecule has 0 bridgehead atoms. The predicted octanol–water partition coefficient (Wildman–Crippen LogP) is 0.544. The van der Waals surface area contributed by atoms with Crippen LogP contribution in [0.1, 0.15) is 33.6 Å². The molecular formula is C13H27N3O3S. The largest absolute Gasteiger partial charge is 0.376 e. The maximum atomic E-state index is 11.7. The smallest absolute Gasteiger partial charge is 0.191 e. The van der Waals surface area contributed by atoms with Crippen LogP contribution in [-0.4, -0.2) is 57.7 Å². The number of guanidine groups is 1. The third kappa shape index (κ3) is 5.28. The summed E-state index contributed by atoms with van der Waals surface area (Å²) in [5.41, 5.74) is 0. The number of aliphatic imine (C=N–C) groups is 1. The zero-order valence-electron chi connectivity index (χ0n) is 12.9. The summed E-state index contributed by atoms with van der Waals surface area (Å²) >= 11 is 0. The molecule has 0 aromatic heterocycles. The van der Waals surface area contributed by atoms with Gasteiger partial charge in [0.15, 0.2) is 15.8 Å². The monoisotopic (exact) mass is 305 g/mol. The summed E-state index contributed by atoms with van der Waals surface area (Å²) in [6.07, 6.45) is 3.62. The number of sulfone groups is 1. The molecule has 1 rings (SSSR count). The fraction of sp³-hybridized carbons (Fsp3) is 0.923. The van der Waals surface area contributed by atoms with Gasteiger partial charge >= 0.3 is 0 Å². The van der Waals surface area contributed by atoms with E-state index in [2.05, 4.69) is 15.6 Å². The highest BCUT2D eigenvalue weighted by Gasteiger charge is 2.30. The third-order valence-corrected chi connectivity index (χ3v) is 5.62. The highest BCUT2D eigenvalue weighted by atomic mass is 32.2. The van der Waals surface area contributed by atoms with E-state index in [9.17, 15) is 8.42 Å². The first-order chi connectivity index (χ1) is 9.26. The summed E-state index contributed by atoms with van der Waals surface area (Å²) in [7, 11) is -3.13. The first kappa shape index (κ1) is 17.2. The van der Waals surface area contributed by atoms with Gasteiger partial charge in [-0.05, 0) is 33.6 Å². The second-order valence-corrected chi connectivity index (χ2v) is 8.39. The van der Waals surface area contributed by atoms with Gasteiger partial charge in [0.1, 0.15) is 0 Å². The topological polar surface area (TPSA) is 79.8 Å². The minimum absolute atomic E-state index is 0.224. The number of ether oxygens (including phenoxy) is 1. The first-order valence-corrected chi connectivity index (χ1v) is 8.99. The van der Waals surface area contributed by atoms with Gasteiger partial charge < -0.3 is 15.4 Å². The molecule has 0 saturated carbocycles. The molecule has 1 atom stereocenters. The average Bonchev–Trinajstić information content (AvgIpc) is 2.84. The number of nitrogens with zero attached hydrogens (tertiary/aromatic N) is 1. The van der Waals surface area contributed by atoms with Crippen molar-refractivity contribution in [1.29, 1.82) is 0 Å². The van der Waals surface area contributed by atoms with Gasteiger partial charge in [0.05, 0.1) is 17.4 Å². The van der Waals surface area contributed by atoms with E-state index in [0.29, 0.717) is 12.5 Å². The van der Waals surface area contributed by atoms with Gasteiger partial charge in [-0.2, -0.15) is 0 Å². The van der Waals surface area contributed by atoms with Crippen LogP contribution in [0.4, 0.5) is 0 Å². The van der Waals surface area contributed by atoms with Crippen molar-refractivity contribution in [2.75, 3.05) is 32.5 Å². The van der Waals surface area contributed by atoms with Gasteiger partial charge in [-0.25, -0.2) is 8.42 Å². The summed E-state index contributed by atoms with van der Waals surface area (Å²) in [6.45, 7) is 7.84. The Kier molecular flexibility index (Phi) is 6.26. The van der Waals surface area contributed by atoms with Gasteiger partial charge in [0.25, 0.3) is 0 Å². The van der Waals surface area contributed by atoms with Gasteiger partial charge in [-0.3, -0.25) is 4.99 Å². The molecule has 0 amide bonds. The van der Waals surface area contributed by atoms with Crippen LogP contribution in [0.15, 0.2) is 4.99 Å². The maximum absolute atomic E-state index is 11.7. The number of hydrogen-bond donors (Lipinski definition) is 2. The summed E-state index contributed by atoms with van der Waals surface area (Å²) in [4.78, 5) is 4.37. The van der Waals surface area contributed by atoms with E-state index in [0.717, 1.165) is 26.0 Å². The molecule has 6 nitrogen and oxygen atoms in total. The quantitative estimate of drug-likeness (QED) is 0.553. The Morgan fingerprint density at radius 2 is 2.10 bits per heavy atom. The Morgan fingerprint density at radius 1 is 1.40 bits per heavy atom. The molecule has 0 aromatic rings. The molecule has 1 aliphatic heterocycles. The second kappa shape index (κ2) is 7.26. The van der Waals surface area contributed by atoms with Gasteiger partial charge in [0, 0.05) is 26.0 Å². The summed E-state index contributed by atoms with van der Waals surface area (Å²) in [5, 5.41) is 6.32. The lowest BCUT2D eigenvalue weighted by atomic mass is 10.2. The van der Waals surface area contributed by atoms with Crippen LogP contribution >= 0.6 is 0 Å². The molecule has 20 heavy (non-hydrogen) atoms. The van der Waals surface area contributed by atoms with E-state index in [-0.39, 0.29) is 12.6 Å². The minimum Gasteiger partial charge on any atom is -0.376 e. The number of nitrogens with one attached hydrogen (secondary N) is 2. The van der Waals surface area contributed by atoms with Crippen molar-refractivity contribution < 1.29 is 13.2 Å². The number of rotatable bonds is 6.